The number of fused-ring (bicyclic) bond motifs is 9. The number of aryl methyl sites for hydroxylation is 1. The fraction of sp³-hybridized carbons (Fsp3) is 0.0566. The molecule has 57 heavy (non-hydrogen) atoms. The third-order valence-electron chi connectivity index (χ3n) is 12.0. The van der Waals surface area contributed by atoms with Crippen molar-refractivity contribution in [2.45, 2.75) is 19.3 Å². The van der Waals surface area contributed by atoms with Crippen LogP contribution in [0.2, 0.25) is 0 Å². The Morgan fingerprint density at radius 2 is 1.21 bits per heavy atom. The Balaban J connectivity index is 1.28. The standard InChI is InChI=1S/C53H36N4/c1-4-22-37(23-5-1)56-50-44-28-9-3-8-27-42-46(44)47-43(49(50)54-52(56)40-29-14-18-34-17-10-11-20-36(40)33-34)31-16-32-45(47)51-48(42)55-53(57(51)38-24-6-2-7-25-38)41-30-15-21-35-19-12-13-26-39(35)41/h1-7,9-26,28-32H,8,27,33H2/b9-3-,44-28+. The number of hydrogen-bond acceptors (Lipinski definition) is 2. The molecule has 3 aliphatic rings. The molecule has 0 aliphatic heterocycles. The minimum absolute atomic E-state index is 0.853. The van der Waals surface area contributed by atoms with Gasteiger partial charge in [-0.3, -0.25) is 9.13 Å². The molecule has 2 aromatic heterocycles. The molecule has 0 saturated carbocycles. The monoisotopic (exact) mass is 728 g/mol. The van der Waals surface area contributed by atoms with Gasteiger partial charge in [-0.2, -0.15) is 0 Å². The van der Waals surface area contributed by atoms with Gasteiger partial charge in [0.15, 0.2) is 0 Å². The highest BCUT2D eigenvalue weighted by Crippen LogP contribution is 2.44. The molecule has 0 atom stereocenters. The van der Waals surface area contributed by atoms with Gasteiger partial charge < -0.3 is 0 Å². The summed E-state index contributed by atoms with van der Waals surface area (Å²) in [5, 5.41) is 8.44. The van der Waals surface area contributed by atoms with Gasteiger partial charge in [0.2, 0.25) is 0 Å². The number of imidazole rings is 2. The zero-order chi connectivity index (χ0) is 37.5. The van der Waals surface area contributed by atoms with E-state index < -0.39 is 0 Å². The summed E-state index contributed by atoms with van der Waals surface area (Å²) in [5.41, 5.74) is 12.6. The van der Waals surface area contributed by atoms with Crippen molar-refractivity contribution in [3.8, 4) is 22.8 Å². The van der Waals surface area contributed by atoms with Crippen LogP contribution in [0.1, 0.15) is 24.2 Å². The van der Waals surface area contributed by atoms with E-state index in [0.717, 1.165) is 80.9 Å². The molecule has 0 fully saturated rings. The number of rotatable bonds is 4. The molecule has 0 unspecified atom stereocenters. The molecule has 0 N–H and O–H groups in total. The Labute approximate surface area is 329 Å². The van der Waals surface area contributed by atoms with Crippen LogP contribution in [0.4, 0.5) is 0 Å². The number of para-hydroxylation sites is 2. The minimum atomic E-state index is 0.853. The van der Waals surface area contributed by atoms with Crippen LogP contribution in [0, 0.1) is 0 Å². The van der Waals surface area contributed by atoms with Crippen molar-refractivity contribution in [3.63, 3.8) is 0 Å². The Morgan fingerprint density at radius 3 is 2.07 bits per heavy atom. The zero-order valence-corrected chi connectivity index (χ0v) is 31.2. The van der Waals surface area contributed by atoms with Gasteiger partial charge in [0.05, 0.1) is 22.1 Å². The van der Waals surface area contributed by atoms with E-state index in [1.54, 1.807) is 0 Å². The first-order valence-corrected chi connectivity index (χ1v) is 19.9. The molecule has 3 aliphatic carbocycles. The van der Waals surface area contributed by atoms with E-state index in [-0.39, 0.29) is 0 Å². The van der Waals surface area contributed by atoms with Crippen LogP contribution < -0.4 is 5.22 Å². The second-order valence-corrected chi connectivity index (χ2v) is 15.2. The van der Waals surface area contributed by atoms with Crippen molar-refractivity contribution >= 4 is 66.0 Å². The summed E-state index contributed by atoms with van der Waals surface area (Å²) in [6.45, 7) is 0. The van der Waals surface area contributed by atoms with Crippen LogP contribution in [0.15, 0.2) is 187 Å². The maximum Gasteiger partial charge on any atom is 0.146 e. The highest BCUT2D eigenvalue weighted by Gasteiger charge is 2.28. The smallest absolute Gasteiger partial charge is 0.146 e. The van der Waals surface area contributed by atoms with Gasteiger partial charge in [-0.15, -0.1) is 0 Å². The summed E-state index contributed by atoms with van der Waals surface area (Å²) in [4.78, 5) is 11.5. The van der Waals surface area contributed by atoms with Crippen LogP contribution >= 0.6 is 0 Å². The molecule has 7 aromatic carbocycles. The molecule has 268 valence electrons. The summed E-state index contributed by atoms with van der Waals surface area (Å²) in [7, 11) is 0. The van der Waals surface area contributed by atoms with E-state index in [2.05, 4.69) is 191 Å². The van der Waals surface area contributed by atoms with Gasteiger partial charge in [-0.05, 0) is 76.4 Å². The van der Waals surface area contributed by atoms with Crippen molar-refractivity contribution < 1.29 is 0 Å². The first-order valence-electron chi connectivity index (χ1n) is 19.9. The lowest BCUT2D eigenvalue weighted by atomic mass is 9.89. The summed E-state index contributed by atoms with van der Waals surface area (Å²) in [6, 6.07) is 43.6. The van der Waals surface area contributed by atoms with E-state index in [0.29, 0.717) is 0 Å². The fourth-order valence-corrected chi connectivity index (χ4v) is 9.55. The largest absolute Gasteiger partial charge is 0.292 e. The molecular weight excluding hydrogens is 693 g/mol. The average molecular weight is 729 g/mol. The molecule has 0 saturated heterocycles. The van der Waals surface area contributed by atoms with Gasteiger partial charge in [-0.25, -0.2) is 9.97 Å². The number of aromatic nitrogens is 4. The van der Waals surface area contributed by atoms with Crippen LogP contribution in [0.25, 0.3) is 88.8 Å². The maximum absolute atomic E-state index is 5.76. The highest BCUT2D eigenvalue weighted by atomic mass is 15.1. The van der Waals surface area contributed by atoms with Crippen LogP contribution in [0.5, 0.6) is 0 Å². The van der Waals surface area contributed by atoms with Gasteiger partial charge in [-0.1, -0.05) is 158 Å². The van der Waals surface area contributed by atoms with Crippen molar-refractivity contribution in [2.75, 3.05) is 0 Å². The van der Waals surface area contributed by atoms with Gasteiger partial charge in [0.25, 0.3) is 0 Å². The zero-order valence-electron chi connectivity index (χ0n) is 31.2. The lowest BCUT2D eigenvalue weighted by Crippen LogP contribution is -2.14. The number of hydrogen-bond donors (Lipinski definition) is 0. The number of allylic oxidation sites excluding steroid dienone is 12. The molecule has 12 rings (SSSR count). The summed E-state index contributed by atoms with van der Waals surface area (Å²) in [6.07, 6.45) is 25.0. The van der Waals surface area contributed by atoms with E-state index in [1.165, 1.54) is 48.9 Å². The van der Waals surface area contributed by atoms with Crippen LogP contribution in [-0.2, 0) is 6.42 Å². The Hall–Kier alpha value is -7.30. The van der Waals surface area contributed by atoms with E-state index >= 15 is 0 Å². The quantitative estimate of drug-likeness (QED) is 0.181. The lowest BCUT2D eigenvalue weighted by molar-refractivity contribution is 1.02. The van der Waals surface area contributed by atoms with Crippen molar-refractivity contribution in [1.82, 2.24) is 19.1 Å². The lowest BCUT2D eigenvalue weighted by Gasteiger charge is -2.18. The third kappa shape index (κ3) is 4.80. The summed E-state index contributed by atoms with van der Waals surface area (Å²) in [5.74, 6) is 1.90. The molecule has 0 amide bonds. The second kappa shape index (κ2) is 12.6. The number of nitrogens with zero attached hydrogens (tertiary/aromatic N) is 4. The van der Waals surface area contributed by atoms with E-state index in [1.807, 2.05) is 0 Å². The highest BCUT2D eigenvalue weighted by molar-refractivity contribution is 6.28. The van der Waals surface area contributed by atoms with Crippen molar-refractivity contribution in [2.24, 2.45) is 0 Å². The molecule has 0 radical (unpaired) electrons. The molecule has 4 nitrogen and oxygen atoms in total. The Kier molecular flexibility index (Phi) is 7.08. The topological polar surface area (TPSA) is 35.6 Å². The maximum atomic E-state index is 5.76. The fourth-order valence-electron chi connectivity index (χ4n) is 9.55. The summed E-state index contributed by atoms with van der Waals surface area (Å²) < 4.78 is 4.83. The second-order valence-electron chi connectivity index (χ2n) is 15.2. The third-order valence-corrected chi connectivity index (χ3v) is 12.0. The Morgan fingerprint density at radius 1 is 0.509 bits per heavy atom. The van der Waals surface area contributed by atoms with Crippen LogP contribution in [-0.4, -0.2) is 19.1 Å². The minimum Gasteiger partial charge on any atom is -0.292 e. The Bertz CT molecular complexity index is 3400. The number of benzene rings is 7. The molecule has 9 aromatic rings. The molecule has 4 heteroatoms. The van der Waals surface area contributed by atoms with E-state index in [9.17, 15) is 0 Å². The SMILES string of the molecule is C1=CC=C2CC(=C1)C=CC=C2c1nc2c3cccc4c3c3c(c5nc(-c6cccc7ccccc67)n(-c6ccccc6)c54)CC/C=C\C=c/3c2n1-c1ccccc1. The molecule has 0 spiro atoms. The molecule has 2 bridgehead atoms. The van der Waals surface area contributed by atoms with Gasteiger partial charge in [0, 0.05) is 43.9 Å². The molecule has 2 heterocycles. The normalized spacial score (nSPS) is 16.2. The van der Waals surface area contributed by atoms with Gasteiger partial charge >= 0.3 is 0 Å². The first kappa shape index (κ1) is 32.0. The average Bonchev–Trinajstić information content (AvgIpc) is 3.67. The van der Waals surface area contributed by atoms with E-state index in [4.69, 9.17) is 9.97 Å². The summed E-state index contributed by atoms with van der Waals surface area (Å²) >= 11 is 0. The van der Waals surface area contributed by atoms with Crippen LogP contribution in [0.3, 0.4) is 0 Å². The first-order chi connectivity index (χ1) is 28.3. The molecular formula is C53H36N4. The predicted molar refractivity (Wildman–Crippen MR) is 238 cm³/mol. The predicted octanol–water partition coefficient (Wildman–Crippen LogP) is 12.3. The van der Waals surface area contributed by atoms with Crippen molar-refractivity contribution in [3.05, 3.63) is 204 Å². The van der Waals surface area contributed by atoms with Gasteiger partial charge in [0.1, 0.15) is 11.6 Å². The van der Waals surface area contributed by atoms with Crippen molar-refractivity contribution in [1.29, 1.82) is 0 Å².